The van der Waals surface area contributed by atoms with E-state index in [9.17, 15) is 28.8 Å². The van der Waals surface area contributed by atoms with Crippen LogP contribution in [0.25, 0.3) is 0 Å². The van der Waals surface area contributed by atoms with Gasteiger partial charge in [0.1, 0.15) is 11.8 Å². The van der Waals surface area contributed by atoms with Gasteiger partial charge in [-0.3, -0.25) is 28.8 Å². The Labute approximate surface area is 339 Å². The van der Waals surface area contributed by atoms with Crippen molar-refractivity contribution in [2.75, 3.05) is 6.54 Å². The zero-order valence-electron chi connectivity index (χ0n) is 38.0. The lowest BCUT2D eigenvalue weighted by molar-refractivity contribution is -0.191. The summed E-state index contributed by atoms with van der Waals surface area (Å²) < 4.78 is 0. The van der Waals surface area contributed by atoms with Gasteiger partial charge in [-0.1, -0.05) is 96.9 Å². The molecule has 0 aromatic heterocycles. The van der Waals surface area contributed by atoms with Gasteiger partial charge in [-0.2, -0.15) is 9.59 Å². The van der Waals surface area contributed by atoms with Gasteiger partial charge < -0.3 is 32.9 Å². The number of rotatable bonds is 17. The molecule has 0 spiro atoms. The van der Waals surface area contributed by atoms with Crippen LogP contribution in [0.15, 0.2) is 0 Å². The van der Waals surface area contributed by atoms with Gasteiger partial charge in [-0.15, -0.1) is 0 Å². The average molecular weight is 802 g/mol. The zero-order valence-corrected chi connectivity index (χ0v) is 38.0. The predicted molar refractivity (Wildman–Crippen MR) is 223 cm³/mol. The molecule has 0 saturated carbocycles. The maximum absolute atomic E-state index is 12.0. The molecule has 4 atom stereocenters. The van der Waals surface area contributed by atoms with Crippen LogP contribution in [0.3, 0.4) is 0 Å². The molecular formula is C42H83N5O9. The quantitative estimate of drug-likeness (QED) is 0.100. The molecule has 0 saturated heterocycles. The van der Waals surface area contributed by atoms with Gasteiger partial charge in [0, 0.05) is 26.2 Å². The van der Waals surface area contributed by atoms with Gasteiger partial charge >= 0.3 is 12.1 Å². The minimum atomic E-state index is -0.921. The molecule has 0 radical (unpaired) electrons. The van der Waals surface area contributed by atoms with Crippen molar-refractivity contribution in [3.05, 3.63) is 0 Å². The number of carboxylic acid groups (broad SMARTS) is 1. The van der Waals surface area contributed by atoms with Crippen LogP contribution in [-0.4, -0.2) is 77.1 Å². The molecule has 0 aliphatic rings. The fourth-order valence-electron chi connectivity index (χ4n) is 4.91. The molecular weight excluding hydrogens is 718 g/mol. The third-order valence-corrected chi connectivity index (χ3v) is 7.22. The predicted octanol–water partition coefficient (Wildman–Crippen LogP) is 5.90. The van der Waals surface area contributed by atoms with Crippen molar-refractivity contribution in [3.8, 4) is 0 Å². The van der Waals surface area contributed by atoms with E-state index in [1.807, 2.05) is 55.4 Å². The number of nitrogens with two attached hydrogens (primary N) is 3. The number of carbonyl (C=O) groups is 6. The van der Waals surface area contributed by atoms with E-state index in [0.717, 1.165) is 19.3 Å². The van der Waals surface area contributed by atoms with Crippen molar-refractivity contribution in [2.45, 2.75) is 199 Å². The molecule has 0 aliphatic heterocycles. The first kappa shape index (κ1) is 61.9. The fourth-order valence-corrected chi connectivity index (χ4v) is 4.91. The van der Waals surface area contributed by atoms with Crippen molar-refractivity contribution < 1.29 is 43.5 Å². The highest BCUT2D eigenvalue weighted by Crippen LogP contribution is 2.23. The summed E-state index contributed by atoms with van der Waals surface area (Å²) in [6.07, 6.45) is 6.84. The molecule has 0 aromatic carbocycles. The van der Waals surface area contributed by atoms with Gasteiger partial charge in [0.05, 0.1) is 18.1 Å². The zero-order chi connectivity index (χ0) is 45.7. The number of hydrogen-bond donors (Lipinski definition) is 6. The molecule has 0 fully saturated rings. The molecule has 0 bridgehead atoms. The number of aliphatic carboxylic acids is 1. The van der Waals surface area contributed by atoms with Crippen LogP contribution in [0, 0.1) is 21.7 Å². The second-order valence-electron chi connectivity index (χ2n) is 19.0. The smallest absolute Gasteiger partial charge is 0.373 e. The maximum atomic E-state index is 12.0. The number of nitrogens with one attached hydrogen (secondary N) is 2. The SMILES string of the molecule is CC(=O)N[C@@H](CC(C)(C)C)C(C)=O.CC(C)(C)C[C@H](N)C(=O)O.CCCC(=O)[C@@H](N)CC(C)(C)C.CCCC(=O)[C@H](CC(C)(C)C)NC(=O)CCCN.O=C=O. The summed E-state index contributed by atoms with van der Waals surface area (Å²) >= 11 is 0. The van der Waals surface area contributed by atoms with Crippen molar-refractivity contribution in [3.63, 3.8) is 0 Å². The second kappa shape index (κ2) is 31.7. The van der Waals surface area contributed by atoms with Crippen molar-refractivity contribution >= 4 is 41.3 Å². The number of hydrogen-bond acceptors (Lipinski definition) is 11. The van der Waals surface area contributed by atoms with E-state index < -0.39 is 12.0 Å². The largest absolute Gasteiger partial charge is 0.480 e. The van der Waals surface area contributed by atoms with Gasteiger partial charge in [0.2, 0.25) is 11.8 Å². The summed E-state index contributed by atoms with van der Waals surface area (Å²) in [5, 5.41) is 13.9. The summed E-state index contributed by atoms with van der Waals surface area (Å²) in [5.41, 5.74) is 16.6. The van der Waals surface area contributed by atoms with Gasteiger partial charge in [0.25, 0.3) is 0 Å². The Bertz CT molecular complexity index is 1170. The van der Waals surface area contributed by atoms with Crippen LogP contribution >= 0.6 is 0 Å². The molecule has 56 heavy (non-hydrogen) atoms. The van der Waals surface area contributed by atoms with Crippen LogP contribution in [0.1, 0.15) is 175 Å². The first-order chi connectivity index (χ1) is 25.1. The van der Waals surface area contributed by atoms with E-state index in [1.165, 1.54) is 13.8 Å². The molecule has 330 valence electrons. The van der Waals surface area contributed by atoms with Crippen LogP contribution in [0.2, 0.25) is 0 Å². The highest BCUT2D eigenvalue weighted by molar-refractivity contribution is 5.89. The minimum Gasteiger partial charge on any atom is -0.480 e. The van der Waals surface area contributed by atoms with Crippen molar-refractivity contribution in [1.82, 2.24) is 10.6 Å². The van der Waals surface area contributed by atoms with Gasteiger partial charge in [-0.25, -0.2) is 0 Å². The number of Topliss-reactive ketones (excluding diaryl/α,β-unsaturated/α-hetero) is 3. The normalized spacial score (nSPS) is 13.3. The highest BCUT2D eigenvalue weighted by atomic mass is 16.4. The maximum Gasteiger partial charge on any atom is 0.373 e. The van der Waals surface area contributed by atoms with E-state index in [-0.39, 0.29) is 75.1 Å². The lowest BCUT2D eigenvalue weighted by Gasteiger charge is -2.26. The number of carboxylic acids is 1. The Morgan fingerprint density at radius 3 is 1.23 bits per heavy atom. The molecule has 9 N–H and O–H groups in total. The fraction of sp³-hybridized carbons (Fsp3) is 0.833. The monoisotopic (exact) mass is 802 g/mol. The summed E-state index contributed by atoms with van der Waals surface area (Å²) in [7, 11) is 0. The molecule has 0 unspecified atom stereocenters. The van der Waals surface area contributed by atoms with Crippen molar-refractivity contribution in [1.29, 1.82) is 0 Å². The van der Waals surface area contributed by atoms with E-state index in [2.05, 4.69) is 52.2 Å². The summed E-state index contributed by atoms with van der Waals surface area (Å²) in [4.78, 5) is 83.4. The number of carbonyl (C=O) groups excluding carboxylic acids is 7. The second-order valence-corrected chi connectivity index (χ2v) is 19.0. The molecule has 14 nitrogen and oxygen atoms in total. The first-order valence-electron chi connectivity index (χ1n) is 19.7. The minimum absolute atomic E-state index is 0.00218. The Kier molecular flexibility index (Phi) is 35.1. The van der Waals surface area contributed by atoms with E-state index in [1.54, 1.807) is 0 Å². The third-order valence-electron chi connectivity index (χ3n) is 7.22. The Balaban J connectivity index is -0.000000206. The lowest BCUT2D eigenvalue weighted by Crippen LogP contribution is -2.43. The summed E-state index contributed by atoms with van der Waals surface area (Å²) in [6, 6.07) is -1.67. The Morgan fingerprint density at radius 1 is 0.589 bits per heavy atom. The highest BCUT2D eigenvalue weighted by Gasteiger charge is 2.26. The standard InChI is InChI=1S/C14H28N2O2.C10H19NO2.C10H21NO.C7H15NO2.CO2/c1-5-7-12(17)11(10-14(2,3)4)16-13(18)8-6-9-15;1-7(12)9(11-8(2)13)6-10(3,4)5;1-5-6-9(12)8(11)7-10(2,3)4;1-7(2,3)4-5(8)6(9)10;2-1-3/h11H,5-10,15H2,1-4H3,(H,16,18);9H,6H2,1-5H3,(H,11,13);8H,5-7,11H2,1-4H3;5H,4,8H2,1-3H3,(H,9,10);/t11-;9-;8-;5-;/m0000./s1. The first-order valence-corrected chi connectivity index (χ1v) is 19.7. The molecule has 0 heterocycles. The molecule has 2 amide bonds. The van der Waals surface area contributed by atoms with E-state index in [4.69, 9.17) is 31.9 Å². The summed E-state index contributed by atoms with van der Waals surface area (Å²) in [6.45, 7) is 32.0. The van der Waals surface area contributed by atoms with Crippen LogP contribution in [0.5, 0.6) is 0 Å². The molecule has 14 heteroatoms. The van der Waals surface area contributed by atoms with Gasteiger partial charge in [0.15, 0.2) is 11.6 Å². The number of ketones is 3. The molecule has 0 rings (SSSR count). The summed E-state index contributed by atoms with van der Waals surface area (Å²) in [5.74, 6) is -0.787. The van der Waals surface area contributed by atoms with Gasteiger partial charge in [-0.05, 0) is 80.1 Å². The Hall–Kier alpha value is -3.32. The lowest BCUT2D eigenvalue weighted by atomic mass is 9.86. The third kappa shape index (κ3) is 48.7. The van der Waals surface area contributed by atoms with Crippen LogP contribution < -0.4 is 27.8 Å². The molecule has 0 aliphatic carbocycles. The van der Waals surface area contributed by atoms with E-state index in [0.29, 0.717) is 51.5 Å². The molecule has 0 aromatic rings. The topological polar surface area (TPSA) is 259 Å². The van der Waals surface area contributed by atoms with Crippen LogP contribution in [-0.2, 0) is 38.4 Å². The van der Waals surface area contributed by atoms with E-state index >= 15 is 0 Å². The van der Waals surface area contributed by atoms with Crippen molar-refractivity contribution in [2.24, 2.45) is 38.9 Å². The number of amides is 2. The Morgan fingerprint density at radius 2 is 0.946 bits per heavy atom. The van der Waals surface area contributed by atoms with Crippen LogP contribution in [0.4, 0.5) is 0 Å². The average Bonchev–Trinajstić information content (AvgIpc) is 2.97.